The highest BCUT2D eigenvalue weighted by atomic mass is 16.5. The van der Waals surface area contributed by atoms with E-state index < -0.39 is 5.41 Å². The highest BCUT2D eigenvalue weighted by molar-refractivity contribution is 5.80. The van der Waals surface area contributed by atoms with Crippen LogP contribution in [0.2, 0.25) is 0 Å². The molecule has 25 heavy (non-hydrogen) atoms. The maximum atomic E-state index is 12.6. The van der Waals surface area contributed by atoms with Gasteiger partial charge >= 0.3 is 5.97 Å². The van der Waals surface area contributed by atoms with Crippen LogP contribution in [0.3, 0.4) is 0 Å². The van der Waals surface area contributed by atoms with Crippen molar-refractivity contribution in [2.45, 2.75) is 38.1 Å². The van der Waals surface area contributed by atoms with Gasteiger partial charge in [-0.05, 0) is 45.0 Å². The third-order valence-electron chi connectivity index (χ3n) is 5.82. The summed E-state index contributed by atoms with van der Waals surface area (Å²) in [7, 11) is 3.51. The molecule has 1 saturated heterocycles. The van der Waals surface area contributed by atoms with Gasteiger partial charge in [-0.2, -0.15) is 0 Å². The number of carbonyl (C=O) groups is 2. The van der Waals surface area contributed by atoms with E-state index >= 15 is 0 Å². The molecule has 1 aromatic rings. The monoisotopic (exact) mass is 344 g/mol. The molecule has 0 aromatic heterocycles. The van der Waals surface area contributed by atoms with Crippen LogP contribution < -0.4 is 0 Å². The van der Waals surface area contributed by atoms with E-state index in [1.165, 1.54) is 12.7 Å². The standard InChI is InChI=1S/C20H28N2O3/c1-15(23)22(18-13-17(18)16-7-5-4-6-8-16)14-20(19(24)25-3)9-11-21(2)12-10-20/h4-8,17-18H,9-14H2,1-3H3/t17-,18+/m1/s1. The third kappa shape index (κ3) is 3.71. The number of benzene rings is 1. The van der Waals surface area contributed by atoms with Crippen LogP contribution in [0.5, 0.6) is 0 Å². The van der Waals surface area contributed by atoms with Crippen molar-refractivity contribution < 1.29 is 14.3 Å². The van der Waals surface area contributed by atoms with Crippen LogP contribution in [0.25, 0.3) is 0 Å². The number of esters is 1. The van der Waals surface area contributed by atoms with Crippen LogP contribution in [0.15, 0.2) is 30.3 Å². The Morgan fingerprint density at radius 1 is 1.24 bits per heavy atom. The molecule has 5 nitrogen and oxygen atoms in total. The third-order valence-corrected chi connectivity index (χ3v) is 5.82. The van der Waals surface area contributed by atoms with Crippen molar-refractivity contribution >= 4 is 11.9 Å². The Bertz CT molecular complexity index is 623. The van der Waals surface area contributed by atoms with E-state index in [2.05, 4.69) is 24.1 Å². The Balaban J connectivity index is 1.77. The van der Waals surface area contributed by atoms with E-state index in [4.69, 9.17) is 4.74 Å². The summed E-state index contributed by atoms with van der Waals surface area (Å²) in [4.78, 5) is 29.1. The summed E-state index contributed by atoms with van der Waals surface area (Å²) in [6.07, 6.45) is 2.45. The van der Waals surface area contributed by atoms with Crippen molar-refractivity contribution in [3.63, 3.8) is 0 Å². The molecule has 136 valence electrons. The second kappa shape index (κ2) is 7.16. The summed E-state index contributed by atoms with van der Waals surface area (Å²) < 4.78 is 5.13. The molecule has 0 bridgehead atoms. The SMILES string of the molecule is COC(=O)C1(CN(C(C)=O)[C@H]2C[C@@H]2c2ccccc2)CCN(C)CC1. The van der Waals surface area contributed by atoms with Gasteiger partial charge in [0.25, 0.3) is 0 Å². The molecule has 0 N–H and O–H groups in total. The molecule has 5 heteroatoms. The van der Waals surface area contributed by atoms with Gasteiger partial charge < -0.3 is 14.5 Å². The molecule has 1 aromatic carbocycles. The lowest BCUT2D eigenvalue weighted by Crippen LogP contribution is -2.51. The molecule has 0 radical (unpaired) electrons. The first kappa shape index (κ1) is 17.9. The molecule has 0 unspecified atom stereocenters. The van der Waals surface area contributed by atoms with E-state index in [0.717, 1.165) is 32.4 Å². The lowest BCUT2D eigenvalue weighted by Gasteiger charge is -2.41. The zero-order valence-electron chi connectivity index (χ0n) is 15.4. The smallest absolute Gasteiger partial charge is 0.313 e. The molecule has 1 heterocycles. The van der Waals surface area contributed by atoms with Gasteiger partial charge in [0.2, 0.25) is 5.91 Å². The number of carbonyl (C=O) groups excluding carboxylic acids is 2. The molecule has 1 amide bonds. The number of likely N-dealkylation sites (tertiary alicyclic amines) is 1. The first-order valence-corrected chi connectivity index (χ1v) is 9.06. The largest absolute Gasteiger partial charge is 0.469 e. The zero-order chi connectivity index (χ0) is 18.0. The first-order valence-electron chi connectivity index (χ1n) is 9.06. The van der Waals surface area contributed by atoms with Crippen LogP contribution in [-0.4, -0.2) is 61.5 Å². The van der Waals surface area contributed by atoms with Gasteiger partial charge in [0.05, 0.1) is 12.5 Å². The van der Waals surface area contributed by atoms with Gasteiger partial charge in [-0.25, -0.2) is 0 Å². The summed E-state index contributed by atoms with van der Waals surface area (Å²) in [6, 6.07) is 10.5. The Morgan fingerprint density at radius 2 is 1.88 bits per heavy atom. The number of piperidine rings is 1. The minimum absolute atomic E-state index is 0.0469. The van der Waals surface area contributed by atoms with Crippen LogP contribution in [0.4, 0.5) is 0 Å². The Labute approximate surface area is 149 Å². The molecule has 2 atom stereocenters. The van der Waals surface area contributed by atoms with Crippen molar-refractivity contribution in [3.8, 4) is 0 Å². The molecule has 1 aliphatic heterocycles. The van der Waals surface area contributed by atoms with Crippen molar-refractivity contribution in [2.24, 2.45) is 5.41 Å². The average Bonchev–Trinajstić information content (AvgIpc) is 3.41. The normalized spacial score (nSPS) is 25.2. The summed E-state index contributed by atoms with van der Waals surface area (Å²) in [6.45, 7) is 3.79. The Hall–Kier alpha value is -1.88. The molecule has 1 saturated carbocycles. The fourth-order valence-corrected chi connectivity index (χ4v) is 4.06. The van der Waals surface area contributed by atoms with Crippen molar-refractivity contribution in [1.29, 1.82) is 0 Å². The number of nitrogens with zero attached hydrogens (tertiary/aromatic N) is 2. The minimum atomic E-state index is -0.573. The summed E-state index contributed by atoms with van der Waals surface area (Å²) in [5.74, 6) is 0.250. The Kier molecular flexibility index (Phi) is 5.13. The summed E-state index contributed by atoms with van der Waals surface area (Å²) in [5, 5.41) is 0. The molecule has 2 fully saturated rings. The molecule has 2 aliphatic rings. The number of hydrogen-bond donors (Lipinski definition) is 0. The molecule has 3 rings (SSSR count). The summed E-state index contributed by atoms with van der Waals surface area (Å²) >= 11 is 0. The van der Waals surface area contributed by atoms with Gasteiger partial charge in [0.1, 0.15) is 0 Å². The predicted molar refractivity (Wildman–Crippen MR) is 96.2 cm³/mol. The van der Waals surface area contributed by atoms with Crippen molar-refractivity contribution in [2.75, 3.05) is 33.8 Å². The number of rotatable bonds is 5. The van der Waals surface area contributed by atoms with Gasteiger partial charge in [-0.1, -0.05) is 30.3 Å². The maximum Gasteiger partial charge on any atom is 0.313 e. The molecular weight excluding hydrogens is 316 g/mol. The van der Waals surface area contributed by atoms with Crippen LogP contribution in [-0.2, 0) is 14.3 Å². The average molecular weight is 344 g/mol. The van der Waals surface area contributed by atoms with Crippen LogP contribution >= 0.6 is 0 Å². The van der Waals surface area contributed by atoms with Gasteiger partial charge in [0, 0.05) is 25.4 Å². The highest BCUT2D eigenvalue weighted by Gasteiger charge is 2.50. The zero-order valence-corrected chi connectivity index (χ0v) is 15.4. The molecular formula is C20H28N2O3. The second-order valence-electron chi connectivity index (χ2n) is 7.54. The Morgan fingerprint density at radius 3 is 2.44 bits per heavy atom. The van der Waals surface area contributed by atoms with Crippen LogP contribution in [0.1, 0.15) is 37.7 Å². The fraction of sp³-hybridized carbons (Fsp3) is 0.600. The van der Waals surface area contributed by atoms with Crippen molar-refractivity contribution in [3.05, 3.63) is 35.9 Å². The van der Waals surface area contributed by atoms with E-state index in [1.54, 1.807) is 6.92 Å². The number of ether oxygens (including phenoxy) is 1. The maximum absolute atomic E-state index is 12.6. The lowest BCUT2D eigenvalue weighted by atomic mass is 9.77. The summed E-state index contributed by atoms with van der Waals surface area (Å²) in [5.41, 5.74) is 0.700. The first-order chi connectivity index (χ1) is 12.0. The van der Waals surface area contributed by atoms with Gasteiger partial charge in [-0.15, -0.1) is 0 Å². The van der Waals surface area contributed by atoms with E-state index in [0.29, 0.717) is 12.5 Å². The highest BCUT2D eigenvalue weighted by Crippen LogP contribution is 2.46. The second-order valence-corrected chi connectivity index (χ2v) is 7.54. The van der Waals surface area contributed by atoms with E-state index in [-0.39, 0.29) is 17.9 Å². The van der Waals surface area contributed by atoms with E-state index in [1.807, 2.05) is 23.1 Å². The molecule has 0 spiro atoms. The lowest BCUT2D eigenvalue weighted by molar-refractivity contribution is -0.158. The molecule has 1 aliphatic carbocycles. The number of methoxy groups -OCH3 is 1. The fourth-order valence-electron chi connectivity index (χ4n) is 4.06. The predicted octanol–water partition coefficient (Wildman–Crippen LogP) is 2.28. The number of amides is 1. The topological polar surface area (TPSA) is 49.9 Å². The van der Waals surface area contributed by atoms with Crippen LogP contribution in [0, 0.1) is 5.41 Å². The quantitative estimate of drug-likeness (QED) is 0.769. The number of hydrogen-bond acceptors (Lipinski definition) is 4. The van der Waals surface area contributed by atoms with Crippen molar-refractivity contribution in [1.82, 2.24) is 9.80 Å². The minimum Gasteiger partial charge on any atom is -0.469 e. The van der Waals surface area contributed by atoms with Gasteiger partial charge in [0.15, 0.2) is 0 Å². The van der Waals surface area contributed by atoms with Gasteiger partial charge in [-0.3, -0.25) is 9.59 Å². The van der Waals surface area contributed by atoms with E-state index in [9.17, 15) is 9.59 Å².